The summed E-state index contributed by atoms with van der Waals surface area (Å²) in [5.74, 6) is -0.0340. The Morgan fingerprint density at radius 1 is 1.22 bits per heavy atom. The molecule has 32 heavy (non-hydrogen) atoms. The number of fused-ring (bicyclic) bond motifs is 1. The first kappa shape index (κ1) is 23.7. The van der Waals surface area contributed by atoms with Gasteiger partial charge in [-0.25, -0.2) is 8.42 Å². The number of amides is 2. The predicted molar refractivity (Wildman–Crippen MR) is 123 cm³/mol. The fraction of sp³-hybridized carbons (Fsp3) is 0.391. The Balaban J connectivity index is 1.76. The van der Waals surface area contributed by atoms with E-state index in [9.17, 15) is 18.0 Å². The second-order valence-corrected chi connectivity index (χ2v) is 10.2. The standard InChI is InChI=1S/C23H29N3O5S/c1-6-19-23(28)25-18-11-15(4)21(12-20(18)31-19)32(29,30)26(5)13-22(27)24-17-9-7-16(8-10-17)14(2)3/h7-12,14,19H,6,13H2,1-5H3,(H,24,27)(H,25,28)/t19-/m0/s1. The van der Waals surface area contributed by atoms with Crippen molar-refractivity contribution in [1.29, 1.82) is 0 Å². The molecule has 1 aliphatic heterocycles. The van der Waals surface area contributed by atoms with Crippen LogP contribution in [0.15, 0.2) is 41.3 Å². The molecule has 0 unspecified atom stereocenters. The molecule has 9 heteroatoms. The number of hydrogen-bond acceptors (Lipinski definition) is 5. The van der Waals surface area contributed by atoms with Crippen LogP contribution in [0.3, 0.4) is 0 Å². The van der Waals surface area contributed by atoms with Gasteiger partial charge >= 0.3 is 0 Å². The summed E-state index contributed by atoms with van der Waals surface area (Å²) >= 11 is 0. The summed E-state index contributed by atoms with van der Waals surface area (Å²) in [4.78, 5) is 24.5. The highest BCUT2D eigenvalue weighted by molar-refractivity contribution is 7.89. The predicted octanol–water partition coefficient (Wildman–Crippen LogP) is 3.49. The first-order chi connectivity index (χ1) is 15.0. The van der Waals surface area contributed by atoms with E-state index in [1.165, 1.54) is 13.1 Å². The van der Waals surface area contributed by atoms with E-state index >= 15 is 0 Å². The molecule has 2 amide bonds. The third kappa shape index (κ3) is 4.94. The van der Waals surface area contributed by atoms with Crippen molar-refractivity contribution in [3.63, 3.8) is 0 Å². The number of carbonyl (C=O) groups is 2. The Bertz CT molecular complexity index is 1130. The summed E-state index contributed by atoms with van der Waals surface area (Å²) in [6.45, 7) is 7.26. The lowest BCUT2D eigenvalue weighted by Gasteiger charge is -2.27. The second-order valence-electron chi connectivity index (χ2n) is 8.20. The maximum absolute atomic E-state index is 13.2. The van der Waals surface area contributed by atoms with Gasteiger partial charge in [-0.05, 0) is 48.6 Å². The van der Waals surface area contributed by atoms with Gasteiger partial charge in [0.15, 0.2) is 6.10 Å². The Kier molecular flexibility index (Phi) is 6.90. The number of likely N-dealkylation sites (N-methyl/N-ethyl adjacent to an activating group) is 1. The number of anilines is 2. The molecule has 0 saturated carbocycles. The molecule has 1 atom stereocenters. The van der Waals surface area contributed by atoms with Crippen LogP contribution in [0.4, 0.5) is 11.4 Å². The van der Waals surface area contributed by atoms with Crippen molar-refractivity contribution in [3.05, 3.63) is 47.5 Å². The normalized spacial score (nSPS) is 15.8. The van der Waals surface area contributed by atoms with E-state index in [1.54, 1.807) is 25.1 Å². The number of nitrogens with zero attached hydrogens (tertiary/aromatic N) is 1. The van der Waals surface area contributed by atoms with Crippen LogP contribution < -0.4 is 15.4 Å². The van der Waals surface area contributed by atoms with Crippen molar-refractivity contribution < 1.29 is 22.7 Å². The first-order valence-corrected chi connectivity index (χ1v) is 11.9. The molecule has 3 rings (SSSR count). The number of rotatable bonds is 7. The summed E-state index contributed by atoms with van der Waals surface area (Å²) in [5, 5.41) is 5.47. The number of aryl methyl sites for hydroxylation is 1. The van der Waals surface area contributed by atoms with E-state index in [4.69, 9.17) is 4.74 Å². The quantitative estimate of drug-likeness (QED) is 0.660. The van der Waals surface area contributed by atoms with Crippen LogP contribution in [-0.2, 0) is 19.6 Å². The summed E-state index contributed by atoms with van der Waals surface area (Å²) in [5.41, 5.74) is 2.62. The van der Waals surface area contributed by atoms with E-state index in [2.05, 4.69) is 24.5 Å². The molecule has 0 radical (unpaired) electrons. The molecule has 8 nitrogen and oxygen atoms in total. The summed E-state index contributed by atoms with van der Waals surface area (Å²) in [6.07, 6.45) is -0.217. The van der Waals surface area contributed by atoms with Crippen LogP contribution >= 0.6 is 0 Å². The smallest absolute Gasteiger partial charge is 0.265 e. The van der Waals surface area contributed by atoms with Gasteiger partial charge in [0, 0.05) is 18.8 Å². The molecule has 0 aromatic heterocycles. The SMILES string of the molecule is CC[C@@H]1Oc2cc(S(=O)(=O)N(C)CC(=O)Nc3ccc(C(C)C)cc3)c(C)cc2NC1=O. The number of nitrogens with one attached hydrogen (secondary N) is 2. The van der Waals surface area contributed by atoms with Crippen molar-refractivity contribution in [2.24, 2.45) is 0 Å². The Labute approximate surface area is 189 Å². The molecule has 1 aliphatic rings. The molecule has 0 saturated heterocycles. The zero-order valence-electron chi connectivity index (χ0n) is 18.9. The zero-order valence-corrected chi connectivity index (χ0v) is 19.7. The molecule has 2 aromatic carbocycles. The lowest BCUT2D eigenvalue weighted by Crippen LogP contribution is -2.37. The van der Waals surface area contributed by atoms with Gasteiger partial charge in [0.1, 0.15) is 5.75 Å². The van der Waals surface area contributed by atoms with Crippen molar-refractivity contribution >= 4 is 33.2 Å². The summed E-state index contributed by atoms with van der Waals surface area (Å²) in [6, 6.07) is 10.4. The number of ether oxygens (including phenoxy) is 1. The minimum Gasteiger partial charge on any atom is -0.478 e. The fourth-order valence-corrected chi connectivity index (χ4v) is 4.78. The first-order valence-electron chi connectivity index (χ1n) is 10.5. The fourth-order valence-electron chi connectivity index (χ4n) is 3.44. The van der Waals surface area contributed by atoms with Crippen LogP contribution in [0.25, 0.3) is 0 Å². The molecule has 0 spiro atoms. The van der Waals surface area contributed by atoms with Gasteiger partial charge < -0.3 is 15.4 Å². The van der Waals surface area contributed by atoms with Crippen molar-refractivity contribution in [3.8, 4) is 5.75 Å². The Hall–Kier alpha value is -2.91. The van der Waals surface area contributed by atoms with Crippen molar-refractivity contribution in [2.45, 2.75) is 51.0 Å². The third-order valence-electron chi connectivity index (χ3n) is 5.38. The van der Waals surface area contributed by atoms with Crippen LogP contribution in [0, 0.1) is 6.92 Å². The highest BCUT2D eigenvalue weighted by Gasteiger charge is 2.31. The van der Waals surface area contributed by atoms with Gasteiger partial charge in [-0.15, -0.1) is 0 Å². The van der Waals surface area contributed by atoms with Crippen molar-refractivity contribution in [2.75, 3.05) is 24.2 Å². The van der Waals surface area contributed by atoms with E-state index < -0.39 is 22.0 Å². The number of benzene rings is 2. The van der Waals surface area contributed by atoms with Crippen molar-refractivity contribution in [1.82, 2.24) is 4.31 Å². The Morgan fingerprint density at radius 3 is 2.47 bits per heavy atom. The number of hydrogen-bond donors (Lipinski definition) is 2. The van der Waals surface area contributed by atoms with Crippen LogP contribution in [-0.4, -0.2) is 44.2 Å². The monoisotopic (exact) mass is 459 g/mol. The molecule has 1 heterocycles. The molecule has 0 fully saturated rings. The van der Waals surface area contributed by atoms with Gasteiger partial charge in [0.25, 0.3) is 5.91 Å². The maximum Gasteiger partial charge on any atom is 0.265 e. The highest BCUT2D eigenvalue weighted by Crippen LogP contribution is 2.35. The largest absolute Gasteiger partial charge is 0.478 e. The molecule has 0 bridgehead atoms. The van der Waals surface area contributed by atoms with Gasteiger partial charge in [0.05, 0.1) is 17.1 Å². The second kappa shape index (κ2) is 9.30. The molecular weight excluding hydrogens is 430 g/mol. The van der Waals surface area contributed by atoms with E-state index in [0.717, 1.165) is 9.87 Å². The van der Waals surface area contributed by atoms with Crippen LogP contribution in [0.5, 0.6) is 5.75 Å². The van der Waals surface area contributed by atoms with E-state index in [-0.39, 0.29) is 17.3 Å². The Morgan fingerprint density at radius 2 is 1.88 bits per heavy atom. The van der Waals surface area contributed by atoms with E-state index in [1.807, 2.05) is 19.1 Å². The summed E-state index contributed by atoms with van der Waals surface area (Å²) < 4.78 is 33.0. The zero-order chi connectivity index (χ0) is 23.6. The average Bonchev–Trinajstić information content (AvgIpc) is 2.73. The minimum absolute atomic E-state index is 0.0267. The summed E-state index contributed by atoms with van der Waals surface area (Å²) in [7, 11) is -2.61. The van der Waals surface area contributed by atoms with Gasteiger partial charge in [-0.3, -0.25) is 9.59 Å². The third-order valence-corrected chi connectivity index (χ3v) is 7.33. The van der Waals surface area contributed by atoms with Gasteiger partial charge in [-0.2, -0.15) is 4.31 Å². The number of carbonyl (C=O) groups excluding carboxylic acids is 2. The maximum atomic E-state index is 13.2. The van der Waals surface area contributed by atoms with Gasteiger partial charge in [0.2, 0.25) is 15.9 Å². The van der Waals surface area contributed by atoms with E-state index in [0.29, 0.717) is 35.0 Å². The topological polar surface area (TPSA) is 105 Å². The lowest BCUT2D eigenvalue weighted by atomic mass is 10.0. The minimum atomic E-state index is -3.97. The highest BCUT2D eigenvalue weighted by atomic mass is 32.2. The molecule has 0 aliphatic carbocycles. The average molecular weight is 460 g/mol. The van der Waals surface area contributed by atoms with Gasteiger partial charge in [-0.1, -0.05) is 32.9 Å². The molecular formula is C23H29N3O5S. The van der Waals surface area contributed by atoms with Crippen LogP contribution in [0.2, 0.25) is 0 Å². The lowest BCUT2D eigenvalue weighted by molar-refractivity contribution is -0.123. The molecule has 2 N–H and O–H groups in total. The number of sulfonamides is 1. The molecule has 2 aromatic rings. The van der Waals surface area contributed by atoms with Crippen LogP contribution in [0.1, 0.15) is 44.2 Å². The molecule has 172 valence electrons.